The molecule has 0 fully saturated rings. The third kappa shape index (κ3) is 4.50. The maximum absolute atomic E-state index is 12.0. The molecule has 0 heterocycles. The van der Waals surface area contributed by atoms with Gasteiger partial charge in [0.1, 0.15) is 0 Å². The average molecular weight is 303 g/mol. The predicted octanol–water partition coefficient (Wildman–Crippen LogP) is 4.79. The van der Waals surface area contributed by atoms with Gasteiger partial charge in [0.25, 0.3) is 0 Å². The van der Waals surface area contributed by atoms with E-state index in [2.05, 4.69) is 24.5 Å². The lowest BCUT2D eigenvalue weighted by molar-refractivity contribution is 0.251. The summed E-state index contributed by atoms with van der Waals surface area (Å²) in [4.78, 5) is 12.0. The zero-order chi connectivity index (χ0) is 15.2. The zero-order valence-electron chi connectivity index (χ0n) is 12.2. The molecule has 2 N–H and O–H groups in total. The van der Waals surface area contributed by atoms with Crippen molar-refractivity contribution in [2.24, 2.45) is 0 Å². The van der Waals surface area contributed by atoms with Gasteiger partial charge in [-0.2, -0.15) is 0 Å². The molecule has 0 saturated heterocycles. The third-order valence-corrected chi connectivity index (χ3v) is 3.45. The molecule has 0 spiro atoms. The molecule has 2 aromatic carbocycles. The van der Waals surface area contributed by atoms with Crippen LogP contribution in [0.25, 0.3) is 0 Å². The number of para-hydroxylation sites is 1. The molecule has 0 aromatic heterocycles. The number of anilines is 1. The SMILES string of the molecule is CC(C)c1ccccc1NC(=O)NCc1ccc(Cl)cc1. The highest BCUT2D eigenvalue weighted by atomic mass is 35.5. The van der Waals surface area contributed by atoms with E-state index in [1.54, 1.807) is 0 Å². The van der Waals surface area contributed by atoms with E-state index in [-0.39, 0.29) is 6.03 Å². The highest BCUT2D eigenvalue weighted by Gasteiger charge is 2.08. The Kier molecular flexibility index (Phi) is 5.23. The van der Waals surface area contributed by atoms with Gasteiger partial charge < -0.3 is 10.6 Å². The van der Waals surface area contributed by atoms with Gasteiger partial charge in [-0.15, -0.1) is 0 Å². The number of nitrogens with one attached hydrogen (secondary N) is 2. The molecule has 0 aliphatic carbocycles. The number of benzene rings is 2. The summed E-state index contributed by atoms with van der Waals surface area (Å²) in [7, 11) is 0. The highest BCUT2D eigenvalue weighted by Crippen LogP contribution is 2.23. The molecule has 110 valence electrons. The van der Waals surface area contributed by atoms with Gasteiger partial charge in [-0.25, -0.2) is 4.79 Å². The fourth-order valence-corrected chi connectivity index (χ4v) is 2.19. The number of carbonyl (C=O) groups excluding carboxylic acids is 1. The van der Waals surface area contributed by atoms with Crippen molar-refractivity contribution in [3.8, 4) is 0 Å². The van der Waals surface area contributed by atoms with Crippen LogP contribution < -0.4 is 10.6 Å². The molecule has 0 radical (unpaired) electrons. The lowest BCUT2D eigenvalue weighted by Crippen LogP contribution is -2.28. The van der Waals surface area contributed by atoms with Gasteiger partial charge in [0.2, 0.25) is 0 Å². The molecule has 2 aromatic rings. The van der Waals surface area contributed by atoms with Crippen LogP contribution in [0.5, 0.6) is 0 Å². The highest BCUT2D eigenvalue weighted by molar-refractivity contribution is 6.30. The maximum Gasteiger partial charge on any atom is 0.319 e. The molecule has 2 rings (SSSR count). The van der Waals surface area contributed by atoms with Crippen LogP contribution in [0.1, 0.15) is 30.9 Å². The normalized spacial score (nSPS) is 10.5. The Bertz CT molecular complexity index is 608. The first-order chi connectivity index (χ1) is 10.1. The van der Waals surface area contributed by atoms with Crippen molar-refractivity contribution in [3.63, 3.8) is 0 Å². The van der Waals surface area contributed by atoms with Gasteiger partial charge in [0.15, 0.2) is 0 Å². The van der Waals surface area contributed by atoms with E-state index in [9.17, 15) is 4.79 Å². The van der Waals surface area contributed by atoms with Crippen molar-refractivity contribution < 1.29 is 4.79 Å². The summed E-state index contributed by atoms with van der Waals surface area (Å²) >= 11 is 5.83. The summed E-state index contributed by atoms with van der Waals surface area (Å²) in [5.41, 5.74) is 2.98. The topological polar surface area (TPSA) is 41.1 Å². The number of carbonyl (C=O) groups is 1. The lowest BCUT2D eigenvalue weighted by Gasteiger charge is -2.14. The molecular weight excluding hydrogens is 284 g/mol. The Morgan fingerprint density at radius 1 is 1.10 bits per heavy atom. The minimum atomic E-state index is -0.210. The Labute approximate surface area is 130 Å². The summed E-state index contributed by atoms with van der Waals surface area (Å²) in [6.45, 7) is 4.67. The first-order valence-corrected chi connectivity index (χ1v) is 7.32. The van der Waals surface area contributed by atoms with E-state index in [0.29, 0.717) is 17.5 Å². The molecule has 0 bridgehead atoms. The van der Waals surface area contributed by atoms with Crippen LogP contribution in [-0.2, 0) is 6.54 Å². The average Bonchev–Trinajstić information content (AvgIpc) is 2.47. The Morgan fingerprint density at radius 3 is 2.43 bits per heavy atom. The molecule has 3 nitrogen and oxygen atoms in total. The van der Waals surface area contributed by atoms with Gasteiger partial charge in [-0.1, -0.05) is 55.8 Å². The van der Waals surface area contributed by atoms with Crippen LogP contribution in [0.15, 0.2) is 48.5 Å². The summed E-state index contributed by atoms with van der Waals surface area (Å²) in [6, 6.07) is 15.0. The molecule has 0 atom stereocenters. The molecule has 21 heavy (non-hydrogen) atoms. The molecular formula is C17H19ClN2O. The molecule has 0 aliphatic rings. The van der Waals surface area contributed by atoms with Crippen molar-refractivity contribution in [1.29, 1.82) is 0 Å². The van der Waals surface area contributed by atoms with Gasteiger partial charge in [-0.3, -0.25) is 0 Å². The van der Waals surface area contributed by atoms with Crippen LogP contribution >= 0.6 is 11.6 Å². The van der Waals surface area contributed by atoms with Gasteiger partial charge in [0, 0.05) is 17.3 Å². The van der Waals surface area contributed by atoms with Crippen molar-refractivity contribution in [1.82, 2.24) is 5.32 Å². The van der Waals surface area contributed by atoms with Crippen molar-refractivity contribution >= 4 is 23.3 Å². The van der Waals surface area contributed by atoms with Gasteiger partial charge in [-0.05, 0) is 35.2 Å². The minimum Gasteiger partial charge on any atom is -0.334 e. The fraction of sp³-hybridized carbons (Fsp3) is 0.235. The largest absolute Gasteiger partial charge is 0.334 e. The number of urea groups is 1. The minimum absolute atomic E-state index is 0.210. The standard InChI is InChI=1S/C17H19ClN2O/c1-12(2)15-5-3-4-6-16(15)20-17(21)19-11-13-7-9-14(18)10-8-13/h3-10,12H,11H2,1-2H3,(H2,19,20,21). The van der Waals surface area contributed by atoms with E-state index < -0.39 is 0 Å². The van der Waals surface area contributed by atoms with E-state index in [4.69, 9.17) is 11.6 Å². The fourth-order valence-electron chi connectivity index (χ4n) is 2.07. The zero-order valence-corrected chi connectivity index (χ0v) is 12.9. The second kappa shape index (κ2) is 7.14. The summed E-state index contributed by atoms with van der Waals surface area (Å²) in [5, 5.41) is 6.43. The summed E-state index contributed by atoms with van der Waals surface area (Å²) < 4.78 is 0. The van der Waals surface area contributed by atoms with Gasteiger partial charge in [0.05, 0.1) is 0 Å². The Morgan fingerprint density at radius 2 is 1.76 bits per heavy atom. The van der Waals surface area contributed by atoms with Crippen LogP contribution in [0.4, 0.5) is 10.5 Å². The van der Waals surface area contributed by atoms with Crippen molar-refractivity contribution in [3.05, 3.63) is 64.7 Å². The number of rotatable bonds is 4. The van der Waals surface area contributed by atoms with Gasteiger partial charge >= 0.3 is 6.03 Å². The van der Waals surface area contributed by atoms with Crippen molar-refractivity contribution in [2.45, 2.75) is 26.3 Å². The maximum atomic E-state index is 12.0. The van der Waals surface area contributed by atoms with E-state index in [1.807, 2.05) is 48.5 Å². The summed E-state index contributed by atoms with van der Waals surface area (Å²) in [5.74, 6) is 0.359. The molecule has 0 unspecified atom stereocenters. The van der Waals surface area contributed by atoms with E-state index >= 15 is 0 Å². The lowest BCUT2D eigenvalue weighted by atomic mass is 10.0. The molecule has 4 heteroatoms. The van der Waals surface area contributed by atoms with Crippen LogP contribution in [0.2, 0.25) is 5.02 Å². The molecule has 0 aliphatic heterocycles. The van der Waals surface area contributed by atoms with E-state index in [1.165, 1.54) is 0 Å². The number of hydrogen-bond donors (Lipinski definition) is 2. The molecule has 2 amide bonds. The van der Waals surface area contributed by atoms with Crippen molar-refractivity contribution in [2.75, 3.05) is 5.32 Å². The van der Waals surface area contributed by atoms with E-state index in [0.717, 1.165) is 16.8 Å². The third-order valence-electron chi connectivity index (χ3n) is 3.20. The smallest absolute Gasteiger partial charge is 0.319 e. The summed E-state index contributed by atoms with van der Waals surface area (Å²) in [6.07, 6.45) is 0. The van der Waals surface area contributed by atoms with Crippen LogP contribution in [-0.4, -0.2) is 6.03 Å². The predicted molar refractivity (Wildman–Crippen MR) is 87.8 cm³/mol. The second-order valence-corrected chi connectivity index (χ2v) is 5.61. The Balaban J connectivity index is 1.94. The van der Waals surface area contributed by atoms with Crippen LogP contribution in [0.3, 0.4) is 0 Å². The van der Waals surface area contributed by atoms with Crippen LogP contribution in [0, 0.1) is 0 Å². The number of hydrogen-bond acceptors (Lipinski definition) is 1. The number of halogens is 1. The first kappa shape index (κ1) is 15.4. The number of amides is 2. The quantitative estimate of drug-likeness (QED) is 0.838. The second-order valence-electron chi connectivity index (χ2n) is 5.18. The monoisotopic (exact) mass is 302 g/mol. The first-order valence-electron chi connectivity index (χ1n) is 6.94. The Hall–Kier alpha value is -2.00. The molecule has 0 saturated carbocycles.